The third-order valence-corrected chi connectivity index (χ3v) is 3.01. The van der Waals surface area contributed by atoms with Crippen LogP contribution >= 0.6 is 0 Å². The van der Waals surface area contributed by atoms with Crippen LogP contribution in [0.5, 0.6) is 5.75 Å². The summed E-state index contributed by atoms with van der Waals surface area (Å²) < 4.78 is 10.6. The van der Waals surface area contributed by atoms with Crippen LogP contribution in [-0.4, -0.2) is 24.7 Å². The molecule has 20 heavy (non-hydrogen) atoms. The first-order valence-corrected chi connectivity index (χ1v) is 7.24. The topological polar surface area (TPSA) is 61.5 Å². The molecule has 0 saturated carbocycles. The van der Waals surface area contributed by atoms with Crippen molar-refractivity contribution >= 4 is 5.97 Å². The van der Waals surface area contributed by atoms with E-state index < -0.39 is 6.10 Å². The number of rotatable bonds is 8. The van der Waals surface area contributed by atoms with Gasteiger partial charge in [-0.05, 0) is 50.8 Å². The van der Waals surface area contributed by atoms with Crippen LogP contribution in [0, 0.1) is 0 Å². The fraction of sp³-hybridized carbons (Fsp3) is 0.562. The highest BCUT2D eigenvalue weighted by Crippen LogP contribution is 2.16. The largest absolute Gasteiger partial charge is 0.479 e. The predicted molar refractivity (Wildman–Crippen MR) is 79.8 cm³/mol. The smallest absolute Gasteiger partial charge is 0.347 e. The number of esters is 1. The Kier molecular flexibility index (Phi) is 7.09. The van der Waals surface area contributed by atoms with Gasteiger partial charge < -0.3 is 15.2 Å². The van der Waals surface area contributed by atoms with Gasteiger partial charge in [-0.3, -0.25) is 0 Å². The fourth-order valence-electron chi connectivity index (χ4n) is 1.83. The molecular formula is C16H25NO3. The number of carbonyl (C=O) groups excluding carboxylic acids is 1. The van der Waals surface area contributed by atoms with Gasteiger partial charge >= 0.3 is 5.97 Å². The summed E-state index contributed by atoms with van der Waals surface area (Å²) in [7, 11) is 0. The second-order valence-corrected chi connectivity index (χ2v) is 4.93. The molecule has 0 aromatic heterocycles. The summed E-state index contributed by atoms with van der Waals surface area (Å²) in [6, 6.07) is 8.00. The van der Waals surface area contributed by atoms with E-state index in [4.69, 9.17) is 15.2 Å². The monoisotopic (exact) mass is 279 g/mol. The molecule has 112 valence electrons. The molecule has 0 aliphatic rings. The van der Waals surface area contributed by atoms with E-state index in [0.717, 1.165) is 12.8 Å². The van der Waals surface area contributed by atoms with Gasteiger partial charge in [0.15, 0.2) is 6.10 Å². The van der Waals surface area contributed by atoms with Crippen molar-refractivity contribution in [1.29, 1.82) is 0 Å². The van der Waals surface area contributed by atoms with Crippen molar-refractivity contribution in [2.45, 2.75) is 52.2 Å². The standard InChI is InChI=1S/C16H25NO3/c1-4-15(16(18)19-5-2)20-14-10-8-13(9-11-14)7-6-12(3)17/h8-12,15H,4-7,17H2,1-3H3. The van der Waals surface area contributed by atoms with E-state index in [2.05, 4.69) is 0 Å². The van der Waals surface area contributed by atoms with Gasteiger partial charge in [0.1, 0.15) is 5.75 Å². The number of ether oxygens (including phenoxy) is 2. The van der Waals surface area contributed by atoms with Crippen molar-refractivity contribution in [2.75, 3.05) is 6.61 Å². The molecule has 1 aromatic rings. The van der Waals surface area contributed by atoms with Crippen LogP contribution in [0.15, 0.2) is 24.3 Å². The molecule has 2 unspecified atom stereocenters. The molecule has 4 nitrogen and oxygen atoms in total. The van der Waals surface area contributed by atoms with E-state index in [9.17, 15) is 4.79 Å². The lowest BCUT2D eigenvalue weighted by Crippen LogP contribution is -2.28. The summed E-state index contributed by atoms with van der Waals surface area (Å²) in [5.41, 5.74) is 6.96. The average Bonchev–Trinajstić information content (AvgIpc) is 2.44. The first-order valence-electron chi connectivity index (χ1n) is 7.24. The number of benzene rings is 1. The molecule has 0 fully saturated rings. The van der Waals surface area contributed by atoms with E-state index in [1.54, 1.807) is 6.92 Å². The normalized spacial score (nSPS) is 13.6. The Balaban J connectivity index is 2.57. The molecule has 0 aliphatic heterocycles. The zero-order valence-corrected chi connectivity index (χ0v) is 12.6. The average molecular weight is 279 g/mol. The number of nitrogens with two attached hydrogens (primary N) is 1. The van der Waals surface area contributed by atoms with Crippen LogP contribution in [0.3, 0.4) is 0 Å². The second kappa shape index (κ2) is 8.59. The minimum absolute atomic E-state index is 0.208. The molecular weight excluding hydrogens is 254 g/mol. The zero-order valence-electron chi connectivity index (χ0n) is 12.6. The maximum absolute atomic E-state index is 11.7. The van der Waals surface area contributed by atoms with Gasteiger partial charge in [0.25, 0.3) is 0 Å². The van der Waals surface area contributed by atoms with Gasteiger partial charge in [0.2, 0.25) is 0 Å². The lowest BCUT2D eigenvalue weighted by molar-refractivity contribution is -0.151. The summed E-state index contributed by atoms with van der Waals surface area (Å²) in [6.07, 6.45) is 1.96. The van der Waals surface area contributed by atoms with Crippen molar-refractivity contribution in [3.8, 4) is 5.75 Å². The van der Waals surface area contributed by atoms with E-state index in [1.165, 1.54) is 5.56 Å². The van der Waals surface area contributed by atoms with E-state index in [-0.39, 0.29) is 12.0 Å². The minimum Gasteiger partial charge on any atom is -0.479 e. The predicted octanol–water partition coefficient (Wildman–Crippen LogP) is 2.69. The summed E-state index contributed by atoms with van der Waals surface area (Å²) in [4.78, 5) is 11.7. The Hall–Kier alpha value is -1.55. The highest BCUT2D eigenvalue weighted by molar-refractivity contribution is 5.75. The SMILES string of the molecule is CCOC(=O)C(CC)Oc1ccc(CCC(C)N)cc1. The molecule has 0 bridgehead atoms. The van der Waals surface area contributed by atoms with Gasteiger partial charge in [-0.15, -0.1) is 0 Å². The molecule has 0 amide bonds. The highest BCUT2D eigenvalue weighted by Gasteiger charge is 2.19. The maximum Gasteiger partial charge on any atom is 0.347 e. The molecule has 2 atom stereocenters. The Labute approximate surface area is 121 Å². The van der Waals surface area contributed by atoms with Crippen molar-refractivity contribution in [3.05, 3.63) is 29.8 Å². The van der Waals surface area contributed by atoms with Crippen molar-refractivity contribution in [2.24, 2.45) is 5.73 Å². The Morgan fingerprint density at radius 1 is 1.25 bits per heavy atom. The quantitative estimate of drug-likeness (QED) is 0.743. The summed E-state index contributed by atoms with van der Waals surface area (Å²) in [5, 5.41) is 0. The van der Waals surface area contributed by atoms with Crippen LogP contribution in [0.25, 0.3) is 0 Å². The second-order valence-electron chi connectivity index (χ2n) is 4.93. The number of hydrogen-bond donors (Lipinski definition) is 1. The van der Waals surface area contributed by atoms with Crippen molar-refractivity contribution < 1.29 is 14.3 Å². The van der Waals surface area contributed by atoms with Crippen LogP contribution < -0.4 is 10.5 Å². The summed E-state index contributed by atoms with van der Waals surface area (Å²) >= 11 is 0. The highest BCUT2D eigenvalue weighted by atomic mass is 16.6. The Morgan fingerprint density at radius 2 is 1.90 bits per heavy atom. The van der Waals surface area contributed by atoms with Crippen molar-refractivity contribution in [3.63, 3.8) is 0 Å². The molecule has 0 spiro atoms. The Morgan fingerprint density at radius 3 is 2.40 bits per heavy atom. The zero-order chi connectivity index (χ0) is 15.0. The maximum atomic E-state index is 11.7. The number of hydrogen-bond acceptors (Lipinski definition) is 4. The van der Waals surface area contributed by atoms with Gasteiger partial charge in [0, 0.05) is 6.04 Å². The first-order chi connectivity index (χ1) is 9.56. The van der Waals surface area contributed by atoms with Crippen LogP contribution in [0.2, 0.25) is 0 Å². The first kappa shape index (κ1) is 16.5. The molecule has 0 radical (unpaired) electrons. The summed E-state index contributed by atoms with van der Waals surface area (Å²) in [6.45, 7) is 6.06. The van der Waals surface area contributed by atoms with E-state index in [0.29, 0.717) is 18.8 Å². The fourth-order valence-corrected chi connectivity index (χ4v) is 1.83. The summed E-state index contributed by atoms with van der Waals surface area (Å²) in [5.74, 6) is 0.380. The Bertz CT molecular complexity index is 401. The molecule has 2 N–H and O–H groups in total. The van der Waals surface area contributed by atoms with Gasteiger partial charge in [-0.1, -0.05) is 19.1 Å². The number of carbonyl (C=O) groups is 1. The molecule has 0 saturated heterocycles. The van der Waals surface area contributed by atoms with Gasteiger partial charge in [0.05, 0.1) is 6.61 Å². The molecule has 0 aliphatic carbocycles. The van der Waals surface area contributed by atoms with E-state index in [1.807, 2.05) is 38.1 Å². The lowest BCUT2D eigenvalue weighted by atomic mass is 10.1. The lowest BCUT2D eigenvalue weighted by Gasteiger charge is -2.16. The van der Waals surface area contributed by atoms with Gasteiger partial charge in [-0.2, -0.15) is 0 Å². The molecule has 1 rings (SSSR count). The third kappa shape index (κ3) is 5.61. The van der Waals surface area contributed by atoms with Gasteiger partial charge in [-0.25, -0.2) is 4.79 Å². The van der Waals surface area contributed by atoms with E-state index >= 15 is 0 Å². The van der Waals surface area contributed by atoms with Crippen molar-refractivity contribution in [1.82, 2.24) is 0 Å². The molecule has 0 heterocycles. The van der Waals surface area contributed by atoms with Crippen LogP contribution in [0.1, 0.15) is 39.2 Å². The molecule has 1 aromatic carbocycles. The molecule has 4 heteroatoms. The number of aryl methyl sites for hydroxylation is 1. The third-order valence-electron chi connectivity index (χ3n) is 3.01. The van der Waals surface area contributed by atoms with Crippen LogP contribution in [0.4, 0.5) is 0 Å². The van der Waals surface area contributed by atoms with Crippen LogP contribution in [-0.2, 0) is 16.0 Å². The minimum atomic E-state index is -0.537.